The molecule has 0 N–H and O–H groups in total. The van der Waals surface area contributed by atoms with Gasteiger partial charge in [0.25, 0.3) is 23.6 Å². The van der Waals surface area contributed by atoms with Crippen molar-refractivity contribution >= 4 is 128 Å². The normalized spacial score (nSPS) is 13.7. The summed E-state index contributed by atoms with van der Waals surface area (Å²) in [7, 11) is 0. The lowest BCUT2D eigenvalue weighted by atomic mass is 10.1. The van der Waals surface area contributed by atoms with E-state index in [9.17, 15) is 45.5 Å². The van der Waals surface area contributed by atoms with Gasteiger partial charge < -0.3 is 0 Å². The highest BCUT2D eigenvalue weighted by Crippen LogP contribution is 2.47. The van der Waals surface area contributed by atoms with Crippen molar-refractivity contribution in [2.45, 2.75) is 0 Å². The predicted molar refractivity (Wildman–Crippen MR) is 168 cm³/mol. The van der Waals surface area contributed by atoms with Crippen LogP contribution in [0.25, 0.3) is 0 Å². The van der Waals surface area contributed by atoms with E-state index in [1.165, 1.54) is 0 Å². The summed E-state index contributed by atoms with van der Waals surface area (Å²) < 4.78 is 80.9. The molecule has 4 amide bonds. The van der Waals surface area contributed by atoms with Crippen LogP contribution in [0.2, 0.25) is 40.2 Å². The standard InChI is InChI=1S/2C14H2Cl4F3NO2/c2*15-7-5-6(8(16)10(18)9(7)17)14(24)22(13(5)23)4-2-1-3(19)11(20)12(4)21/h2*1-2H. The van der Waals surface area contributed by atoms with Crippen LogP contribution in [-0.2, 0) is 0 Å². The molecule has 0 saturated carbocycles. The number of rotatable bonds is 2. The van der Waals surface area contributed by atoms with Crippen molar-refractivity contribution in [2.24, 2.45) is 0 Å². The summed E-state index contributed by atoms with van der Waals surface area (Å²) in [5.41, 5.74) is -3.18. The van der Waals surface area contributed by atoms with Crippen molar-refractivity contribution in [1.29, 1.82) is 0 Å². The molecule has 0 bridgehead atoms. The highest BCUT2D eigenvalue weighted by atomic mass is 35.5. The van der Waals surface area contributed by atoms with Gasteiger partial charge in [-0.15, -0.1) is 0 Å². The average molecular weight is 830 g/mol. The number of carbonyl (C=O) groups excluding carboxylic acids is 4. The van der Waals surface area contributed by atoms with Crippen molar-refractivity contribution in [2.75, 3.05) is 9.80 Å². The fourth-order valence-corrected chi connectivity index (χ4v) is 6.54. The van der Waals surface area contributed by atoms with Crippen molar-refractivity contribution in [3.05, 3.63) is 122 Å². The minimum atomic E-state index is -1.84. The lowest BCUT2D eigenvalue weighted by Crippen LogP contribution is -2.30. The van der Waals surface area contributed by atoms with Crippen molar-refractivity contribution < 1.29 is 45.5 Å². The SMILES string of the molecule is O=C1c2c(Cl)c(Cl)c(Cl)c(Cl)c2C(=O)N1c1ccc(F)c(F)c1F.O=C1c2c(Cl)c(Cl)c(Cl)c(Cl)c2C(=O)N1c1ccc(F)c(F)c1F. The van der Waals surface area contributed by atoms with E-state index in [4.69, 9.17) is 92.8 Å². The molecule has 4 aromatic carbocycles. The number of halogens is 14. The number of hydrogen-bond acceptors (Lipinski definition) is 4. The summed E-state index contributed by atoms with van der Waals surface area (Å²) >= 11 is 47.0. The monoisotopic (exact) mass is 826 g/mol. The molecule has 6 nitrogen and oxygen atoms in total. The molecule has 0 radical (unpaired) electrons. The predicted octanol–water partition coefficient (Wildman–Crippen LogP) is 11.0. The van der Waals surface area contributed by atoms with Gasteiger partial charge in [-0.25, -0.2) is 36.1 Å². The highest BCUT2D eigenvalue weighted by Gasteiger charge is 2.45. The molecule has 20 heteroatoms. The Labute approximate surface area is 303 Å². The van der Waals surface area contributed by atoms with Gasteiger partial charge in [-0.1, -0.05) is 92.8 Å². The zero-order valence-corrected chi connectivity index (χ0v) is 28.2. The summed E-state index contributed by atoms with van der Waals surface area (Å²) in [5, 5.41) is -2.50. The van der Waals surface area contributed by atoms with Gasteiger partial charge in [0.1, 0.15) is 0 Å². The maximum atomic E-state index is 14.0. The molecule has 0 aromatic heterocycles. The van der Waals surface area contributed by atoms with E-state index in [0.717, 1.165) is 12.1 Å². The summed E-state index contributed by atoms with van der Waals surface area (Å²) in [6.45, 7) is 0. The van der Waals surface area contributed by atoms with E-state index in [0.29, 0.717) is 12.1 Å². The number of carbonyl (C=O) groups is 4. The Hall–Kier alpha value is -2.94. The number of hydrogen-bond donors (Lipinski definition) is 0. The van der Waals surface area contributed by atoms with E-state index >= 15 is 0 Å². The van der Waals surface area contributed by atoms with Gasteiger partial charge in [0, 0.05) is 0 Å². The summed E-state index contributed by atoms with van der Waals surface area (Å²) in [6.07, 6.45) is 0. The number of anilines is 2. The van der Waals surface area contributed by atoms with Crippen LogP contribution in [0.4, 0.5) is 37.7 Å². The van der Waals surface area contributed by atoms with Crippen LogP contribution in [-0.4, -0.2) is 23.6 Å². The number of benzene rings is 4. The fourth-order valence-electron chi connectivity index (χ4n) is 4.51. The third-order valence-electron chi connectivity index (χ3n) is 6.71. The molecule has 0 atom stereocenters. The molecule has 4 aromatic rings. The van der Waals surface area contributed by atoms with Gasteiger partial charge in [-0.3, -0.25) is 19.2 Å². The van der Waals surface area contributed by atoms with Gasteiger partial charge in [0.05, 0.1) is 73.8 Å². The zero-order valence-electron chi connectivity index (χ0n) is 22.1. The van der Waals surface area contributed by atoms with Crippen LogP contribution >= 0.6 is 92.8 Å². The first-order valence-corrected chi connectivity index (χ1v) is 15.1. The molecule has 2 aliphatic rings. The Kier molecular flexibility index (Phi) is 9.90. The lowest BCUT2D eigenvalue weighted by molar-refractivity contribution is 0.0909. The van der Waals surface area contributed by atoms with E-state index in [2.05, 4.69) is 0 Å². The van der Waals surface area contributed by atoms with Crippen LogP contribution in [0, 0.1) is 34.9 Å². The number of nitrogens with zero attached hydrogens (tertiary/aromatic N) is 2. The second kappa shape index (κ2) is 13.1. The number of fused-ring (bicyclic) bond motifs is 2. The Balaban J connectivity index is 0.000000188. The van der Waals surface area contributed by atoms with E-state index in [-0.39, 0.29) is 50.0 Å². The second-order valence-electron chi connectivity index (χ2n) is 9.29. The molecular formula is C28H4Cl8F6N2O4. The molecule has 6 rings (SSSR count). The van der Waals surface area contributed by atoms with E-state index in [1.807, 2.05) is 0 Å². The Morgan fingerprint density at radius 2 is 0.583 bits per heavy atom. The zero-order chi connectivity index (χ0) is 35.8. The third kappa shape index (κ3) is 5.37. The van der Waals surface area contributed by atoms with Crippen molar-refractivity contribution in [3.8, 4) is 0 Å². The van der Waals surface area contributed by atoms with Gasteiger partial charge in [-0.05, 0) is 24.3 Å². The highest BCUT2D eigenvalue weighted by molar-refractivity contribution is 6.57. The lowest BCUT2D eigenvalue weighted by Gasteiger charge is -2.15. The molecule has 248 valence electrons. The molecule has 2 heterocycles. The quantitative estimate of drug-likeness (QED) is 0.0873. The smallest absolute Gasteiger partial charge is 0.267 e. The Morgan fingerprint density at radius 1 is 0.354 bits per heavy atom. The topological polar surface area (TPSA) is 74.8 Å². The van der Waals surface area contributed by atoms with Gasteiger partial charge in [0.2, 0.25) is 0 Å². The first kappa shape index (κ1) is 36.3. The van der Waals surface area contributed by atoms with Gasteiger partial charge in [0.15, 0.2) is 34.9 Å². The molecule has 0 aliphatic carbocycles. The van der Waals surface area contributed by atoms with E-state index < -0.39 is 92.2 Å². The van der Waals surface area contributed by atoms with Crippen molar-refractivity contribution in [3.63, 3.8) is 0 Å². The third-order valence-corrected chi connectivity index (χ3v) is 10.3. The van der Waals surface area contributed by atoms with Crippen molar-refractivity contribution in [1.82, 2.24) is 0 Å². The molecular weight excluding hydrogens is 826 g/mol. The molecule has 0 unspecified atom stereocenters. The largest absolute Gasteiger partial charge is 0.268 e. The Morgan fingerprint density at radius 3 is 0.812 bits per heavy atom. The average Bonchev–Trinajstić information content (AvgIpc) is 3.47. The molecule has 0 saturated heterocycles. The minimum Gasteiger partial charge on any atom is -0.268 e. The Bertz CT molecular complexity index is 1960. The molecule has 0 spiro atoms. The van der Waals surface area contributed by atoms with Crippen LogP contribution in [0.15, 0.2) is 24.3 Å². The fraction of sp³-hybridized carbons (Fsp3) is 0. The summed E-state index contributed by atoms with van der Waals surface area (Å²) in [4.78, 5) is 50.4. The van der Waals surface area contributed by atoms with Crippen LogP contribution < -0.4 is 9.80 Å². The second-order valence-corrected chi connectivity index (χ2v) is 12.3. The van der Waals surface area contributed by atoms with Gasteiger partial charge in [-0.2, -0.15) is 0 Å². The van der Waals surface area contributed by atoms with Crippen LogP contribution in [0.1, 0.15) is 41.4 Å². The minimum absolute atomic E-state index is 0.268. The maximum absolute atomic E-state index is 14.0. The number of amides is 4. The molecule has 2 aliphatic heterocycles. The maximum Gasteiger partial charge on any atom is 0.267 e. The summed E-state index contributed by atoms with van der Waals surface area (Å²) in [6, 6.07) is 2.61. The van der Waals surface area contributed by atoms with E-state index in [1.54, 1.807) is 0 Å². The number of imide groups is 2. The van der Waals surface area contributed by atoms with Crippen LogP contribution in [0.3, 0.4) is 0 Å². The molecule has 48 heavy (non-hydrogen) atoms. The van der Waals surface area contributed by atoms with Gasteiger partial charge >= 0.3 is 0 Å². The first-order valence-electron chi connectivity index (χ1n) is 12.1. The summed E-state index contributed by atoms with van der Waals surface area (Å²) in [5.74, 6) is -14.4. The molecule has 0 fully saturated rings. The van der Waals surface area contributed by atoms with Crippen LogP contribution in [0.5, 0.6) is 0 Å². The first-order chi connectivity index (χ1) is 22.4.